The molecule has 0 fully saturated rings. The Kier molecular flexibility index (Phi) is 49.4. The van der Waals surface area contributed by atoms with Crippen molar-refractivity contribution >= 4 is 19.8 Å². The number of phosphoric acid groups is 1. The lowest BCUT2D eigenvalue weighted by Gasteiger charge is -2.19. The van der Waals surface area contributed by atoms with Crippen LogP contribution in [-0.4, -0.2) is 49.3 Å². The molecule has 0 bridgehead atoms. The number of unbranched alkanes of at least 4 members (excludes halogenated alkanes) is 22. The maximum absolute atomic E-state index is 12.6. The van der Waals surface area contributed by atoms with Crippen LogP contribution in [0.5, 0.6) is 0 Å². The summed E-state index contributed by atoms with van der Waals surface area (Å²) in [5.74, 6) is -0.841. The van der Waals surface area contributed by atoms with Gasteiger partial charge in [0.2, 0.25) is 0 Å². The second-order valence-corrected chi connectivity index (χ2v) is 18.8. The molecule has 0 aliphatic heterocycles. The summed E-state index contributed by atoms with van der Waals surface area (Å²) in [6.07, 6.45) is 66.6. The maximum Gasteiger partial charge on any atom is 0.472 e. The third-order valence-corrected chi connectivity index (χ3v) is 12.0. The number of carbonyl (C=O) groups excluding carboxylic acids is 2. The number of hydrogen-bond acceptors (Lipinski definition) is 8. The van der Waals surface area contributed by atoms with Gasteiger partial charge in [-0.05, 0) is 83.5 Å². The van der Waals surface area contributed by atoms with E-state index in [1.165, 1.54) is 89.9 Å². The molecule has 0 aromatic rings. The zero-order chi connectivity index (χ0) is 48.1. The van der Waals surface area contributed by atoms with Crippen molar-refractivity contribution in [3.63, 3.8) is 0 Å². The highest BCUT2D eigenvalue weighted by Crippen LogP contribution is 2.43. The Bertz CT molecular complexity index is 1350. The second-order valence-electron chi connectivity index (χ2n) is 17.4. The van der Waals surface area contributed by atoms with Crippen molar-refractivity contribution in [1.82, 2.24) is 0 Å². The van der Waals surface area contributed by atoms with E-state index >= 15 is 0 Å². The van der Waals surface area contributed by atoms with Crippen molar-refractivity contribution in [3.8, 4) is 0 Å². The molecule has 0 aromatic carbocycles. The molecule has 0 rings (SSSR count). The van der Waals surface area contributed by atoms with Crippen molar-refractivity contribution in [1.29, 1.82) is 0 Å². The summed E-state index contributed by atoms with van der Waals surface area (Å²) in [5.41, 5.74) is 5.36. The summed E-state index contributed by atoms with van der Waals surface area (Å²) in [4.78, 5) is 34.9. The number of ether oxygens (including phenoxy) is 2. The largest absolute Gasteiger partial charge is 0.472 e. The van der Waals surface area contributed by atoms with E-state index in [4.69, 9.17) is 24.3 Å². The van der Waals surface area contributed by atoms with E-state index in [0.29, 0.717) is 6.42 Å². The van der Waals surface area contributed by atoms with Gasteiger partial charge >= 0.3 is 19.8 Å². The SMILES string of the molecule is CC/C=C\C/C=C\C/C=C\C/C=C\C/C=C\C/C=C\CCCCCCCCCCCCCCCCCCC(=O)OC(COC(=O)CCCCCCC/C=C\CCC)COP(=O)(O)OCCN. The molecule has 10 heteroatoms. The molecular formula is C56H98NO8P. The van der Waals surface area contributed by atoms with Gasteiger partial charge in [-0.1, -0.05) is 214 Å². The number of carbonyl (C=O) groups is 2. The third-order valence-electron chi connectivity index (χ3n) is 11.0. The smallest absolute Gasteiger partial charge is 0.462 e. The lowest BCUT2D eigenvalue weighted by molar-refractivity contribution is -0.161. The van der Waals surface area contributed by atoms with Gasteiger partial charge in [-0.2, -0.15) is 0 Å². The predicted octanol–water partition coefficient (Wildman–Crippen LogP) is 16.3. The second kappa shape index (κ2) is 51.6. The average molecular weight is 944 g/mol. The molecule has 2 atom stereocenters. The van der Waals surface area contributed by atoms with Crippen LogP contribution >= 0.6 is 7.82 Å². The van der Waals surface area contributed by atoms with Crippen LogP contribution in [0.1, 0.15) is 226 Å². The van der Waals surface area contributed by atoms with Gasteiger partial charge < -0.3 is 20.1 Å². The Morgan fingerprint density at radius 1 is 0.470 bits per heavy atom. The molecule has 0 amide bonds. The average Bonchev–Trinajstić information content (AvgIpc) is 3.31. The van der Waals surface area contributed by atoms with E-state index in [1.54, 1.807) is 0 Å². The summed E-state index contributed by atoms with van der Waals surface area (Å²) >= 11 is 0. The van der Waals surface area contributed by atoms with Crippen molar-refractivity contribution in [2.24, 2.45) is 5.73 Å². The van der Waals surface area contributed by atoms with E-state index in [1.807, 2.05) is 0 Å². The maximum atomic E-state index is 12.6. The summed E-state index contributed by atoms with van der Waals surface area (Å²) in [6.45, 7) is 3.55. The van der Waals surface area contributed by atoms with Crippen LogP contribution in [0, 0.1) is 0 Å². The Balaban J connectivity index is 3.86. The van der Waals surface area contributed by atoms with Crippen LogP contribution in [-0.2, 0) is 32.7 Å². The first-order valence-corrected chi connectivity index (χ1v) is 28.1. The molecule has 0 radical (unpaired) electrons. The van der Waals surface area contributed by atoms with Crippen LogP contribution in [0.3, 0.4) is 0 Å². The zero-order valence-electron chi connectivity index (χ0n) is 42.2. The fourth-order valence-corrected chi connectivity index (χ4v) is 7.88. The molecule has 0 saturated heterocycles. The van der Waals surface area contributed by atoms with E-state index < -0.39 is 32.5 Å². The van der Waals surface area contributed by atoms with Gasteiger partial charge in [0.05, 0.1) is 13.2 Å². The van der Waals surface area contributed by atoms with Gasteiger partial charge in [0.1, 0.15) is 6.61 Å². The molecule has 66 heavy (non-hydrogen) atoms. The van der Waals surface area contributed by atoms with Gasteiger partial charge in [-0.3, -0.25) is 18.6 Å². The quantitative estimate of drug-likeness (QED) is 0.0265. The molecule has 0 aromatic heterocycles. The summed E-state index contributed by atoms with van der Waals surface area (Å²) in [6, 6.07) is 0. The number of nitrogens with two attached hydrogens (primary N) is 1. The molecule has 9 nitrogen and oxygen atoms in total. The molecular weight excluding hydrogens is 846 g/mol. The van der Waals surface area contributed by atoms with E-state index in [-0.39, 0.29) is 32.6 Å². The first-order valence-electron chi connectivity index (χ1n) is 26.6. The minimum absolute atomic E-state index is 0.0503. The number of phosphoric ester groups is 1. The fraction of sp³-hybridized carbons (Fsp3) is 0.714. The number of rotatable bonds is 49. The predicted molar refractivity (Wildman–Crippen MR) is 279 cm³/mol. The number of esters is 2. The Hall–Kier alpha value is -2.81. The number of hydrogen-bond donors (Lipinski definition) is 2. The third kappa shape index (κ3) is 50.6. The lowest BCUT2D eigenvalue weighted by Crippen LogP contribution is -2.29. The van der Waals surface area contributed by atoms with E-state index in [2.05, 4.69) is 98.9 Å². The van der Waals surface area contributed by atoms with Gasteiger partial charge in [0, 0.05) is 19.4 Å². The molecule has 0 saturated carbocycles. The highest BCUT2D eigenvalue weighted by Gasteiger charge is 2.26. The van der Waals surface area contributed by atoms with Crippen LogP contribution in [0.25, 0.3) is 0 Å². The standard InChI is InChI=1S/C56H98NO8P/c1-3-5-7-9-11-13-15-16-17-18-19-20-21-22-23-24-25-26-27-28-29-30-31-32-33-34-35-36-37-38-39-41-43-45-47-49-56(59)65-54(53-64-66(60,61)63-51-50-57)52-62-55(58)48-46-44-42-40-14-12-10-8-6-4-2/h5,7-8,10-11,13,16-17,19-20,22-23,25-26,54H,3-4,6,9,12,14-15,18,21,24,27-53,57H2,1-2H3,(H,60,61)/b7-5-,10-8-,13-11-,17-16-,20-19-,23-22-,26-25-. The van der Waals surface area contributed by atoms with E-state index in [0.717, 1.165) is 103 Å². The summed E-state index contributed by atoms with van der Waals surface area (Å²) < 4.78 is 32.8. The molecule has 0 aliphatic rings. The highest BCUT2D eigenvalue weighted by molar-refractivity contribution is 7.47. The minimum atomic E-state index is -4.38. The van der Waals surface area contributed by atoms with Crippen LogP contribution < -0.4 is 5.73 Å². The zero-order valence-corrected chi connectivity index (χ0v) is 43.0. The van der Waals surface area contributed by atoms with Crippen molar-refractivity contribution in [3.05, 3.63) is 85.1 Å². The highest BCUT2D eigenvalue weighted by atomic mass is 31.2. The first-order chi connectivity index (χ1) is 32.3. The van der Waals surface area contributed by atoms with Gasteiger partial charge in [-0.15, -0.1) is 0 Å². The molecule has 0 spiro atoms. The summed E-state index contributed by atoms with van der Waals surface area (Å²) in [5, 5.41) is 0. The van der Waals surface area contributed by atoms with Crippen LogP contribution in [0.2, 0.25) is 0 Å². The van der Waals surface area contributed by atoms with Crippen molar-refractivity contribution in [2.45, 2.75) is 232 Å². The molecule has 0 heterocycles. The topological polar surface area (TPSA) is 134 Å². The fourth-order valence-electron chi connectivity index (χ4n) is 7.11. The lowest BCUT2D eigenvalue weighted by atomic mass is 10.0. The normalized spacial score (nSPS) is 13.8. The molecule has 380 valence electrons. The Morgan fingerprint density at radius 3 is 1.26 bits per heavy atom. The monoisotopic (exact) mass is 944 g/mol. The minimum Gasteiger partial charge on any atom is -0.462 e. The van der Waals surface area contributed by atoms with Crippen molar-refractivity contribution in [2.75, 3.05) is 26.4 Å². The summed E-state index contributed by atoms with van der Waals surface area (Å²) in [7, 11) is -4.38. The van der Waals surface area contributed by atoms with Crippen molar-refractivity contribution < 1.29 is 37.6 Å². The van der Waals surface area contributed by atoms with Gasteiger partial charge in [0.25, 0.3) is 0 Å². The van der Waals surface area contributed by atoms with Gasteiger partial charge in [-0.25, -0.2) is 4.57 Å². The van der Waals surface area contributed by atoms with Gasteiger partial charge in [0.15, 0.2) is 6.10 Å². The first kappa shape index (κ1) is 63.2. The Labute approximate surface area is 404 Å². The molecule has 0 aliphatic carbocycles. The number of allylic oxidation sites excluding steroid dienone is 14. The van der Waals surface area contributed by atoms with E-state index in [9.17, 15) is 19.0 Å². The van der Waals surface area contributed by atoms with Crippen LogP contribution in [0.4, 0.5) is 0 Å². The molecule has 2 unspecified atom stereocenters. The molecule has 3 N–H and O–H groups in total. The Morgan fingerprint density at radius 2 is 0.833 bits per heavy atom. The van der Waals surface area contributed by atoms with Crippen LogP contribution in [0.15, 0.2) is 85.1 Å².